The van der Waals surface area contributed by atoms with E-state index < -0.39 is 17.6 Å². The van der Waals surface area contributed by atoms with Crippen molar-refractivity contribution in [3.63, 3.8) is 0 Å². The molecule has 4 N–H and O–H groups in total. The average Bonchev–Trinajstić information content (AvgIpc) is 2.97. The highest BCUT2D eigenvalue weighted by Gasteiger charge is 2.29. The predicted octanol–water partition coefficient (Wildman–Crippen LogP) is 2.52. The summed E-state index contributed by atoms with van der Waals surface area (Å²) in [6.07, 6.45) is 0. The van der Waals surface area contributed by atoms with Crippen LogP contribution in [0.2, 0.25) is 0 Å². The number of rotatable bonds is 4. The summed E-state index contributed by atoms with van der Waals surface area (Å²) >= 11 is 0. The highest BCUT2D eigenvalue weighted by Crippen LogP contribution is 2.29. The molecular weight excluding hydrogens is 310 g/mol. The molecule has 0 aliphatic heterocycles. The third-order valence-corrected chi connectivity index (χ3v) is 3.49. The van der Waals surface area contributed by atoms with Gasteiger partial charge in [-0.2, -0.15) is 5.10 Å². The van der Waals surface area contributed by atoms with Crippen molar-refractivity contribution in [3.05, 3.63) is 65.9 Å². The van der Waals surface area contributed by atoms with Gasteiger partial charge >= 0.3 is 11.9 Å². The van der Waals surface area contributed by atoms with Gasteiger partial charge in [0.2, 0.25) is 0 Å². The molecule has 1 aromatic heterocycles. The highest BCUT2D eigenvalue weighted by atomic mass is 16.4. The topological polar surface area (TPSA) is 118 Å². The van der Waals surface area contributed by atoms with E-state index in [0.717, 1.165) is 0 Å². The van der Waals surface area contributed by atoms with Crippen molar-refractivity contribution in [2.75, 3.05) is 5.73 Å². The quantitative estimate of drug-likeness (QED) is 0.635. The molecule has 7 heteroatoms. The van der Waals surface area contributed by atoms with Gasteiger partial charge in [0, 0.05) is 11.3 Å². The van der Waals surface area contributed by atoms with Crippen molar-refractivity contribution in [3.8, 4) is 16.9 Å². The fourth-order valence-corrected chi connectivity index (χ4v) is 2.44. The summed E-state index contributed by atoms with van der Waals surface area (Å²) in [5, 5.41) is 22.9. The maximum atomic E-state index is 11.7. The van der Waals surface area contributed by atoms with E-state index in [1.807, 2.05) is 0 Å². The molecule has 120 valence electrons. The Labute approximate surface area is 136 Å². The Balaban J connectivity index is 2.36. The molecule has 3 aromatic rings. The number of nitrogens with two attached hydrogens (primary N) is 1. The lowest BCUT2D eigenvalue weighted by atomic mass is 10.1. The van der Waals surface area contributed by atoms with Crippen LogP contribution in [0.15, 0.2) is 54.6 Å². The number of carbonyl (C=O) groups is 2. The van der Waals surface area contributed by atoms with E-state index in [1.165, 1.54) is 4.68 Å². The Hall–Kier alpha value is -3.61. The molecule has 0 bridgehead atoms. The van der Waals surface area contributed by atoms with E-state index in [9.17, 15) is 19.8 Å². The smallest absolute Gasteiger partial charge is 0.357 e. The van der Waals surface area contributed by atoms with Crippen LogP contribution in [0.1, 0.15) is 20.8 Å². The summed E-state index contributed by atoms with van der Waals surface area (Å²) in [5.74, 6) is -2.76. The first-order valence-corrected chi connectivity index (χ1v) is 7.00. The Bertz CT molecular complexity index is 915. The van der Waals surface area contributed by atoms with Crippen LogP contribution >= 0.6 is 0 Å². The normalized spacial score (nSPS) is 10.5. The van der Waals surface area contributed by atoms with Gasteiger partial charge in [0.25, 0.3) is 0 Å². The average molecular weight is 323 g/mol. The first-order chi connectivity index (χ1) is 11.5. The lowest BCUT2D eigenvalue weighted by Crippen LogP contribution is -2.07. The van der Waals surface area contributed by atoms with Crippen molar-refractivity contribution in [2.45, 2.75) is 0 Å². The zero-order chi connectivity index (χ0) is 17.3. The van der Waals surface area contributed by atoms with Gasteiger partial charge < -0.3 is 15.9 Å². The van der Waals surface area contributed by atoms with Gasteiger partial charge in [-0.15, -0.1) is 0 Å². The number of aromatic carboxylic acids is 2. The minimum atomic E-state index is -1.40. The van der Waals surface area contributed by atoms with Crippen LogP contribution in [0.5, 0.6) is 0 Å². The van der Waals surface area contributed by atoms with Crippen LogP contribution in [0.3, 0.4) is 0 Å². The van der Waals surface area contributed by atoms with Crippen LogP contribution in [-0.4, -0.2) is 31.9 Å². The summed E-state index contributed by atoms with van der Waals surface area (Å²) in [5.41, 5.74) is 6.59. The monoisotopic (exact) mass is 323 g/mol. The fraction of sp³-hybridized carbons (Fsp3) is 0. The molecule has 3 rings (SSSR count). The summed E-state index contributed by atoms with van der Waals surface area (Å²) in [4.78, 5) is 23.1. The maximum Gasteiger partial charge on any atom is 0.357 e. The number of aromatic nitrogens is 2. The lowest BCUT2D eigenvalue weighted by molar-refractivity contribution is 0.0648. The number of carboxylic acids is 2. The van der Waals surface area contributed by atoms with Crippen LogP contribution in [0, 0.1) is 0 Å². The van der Waals surface area contributed by atoms with E-state index in [4.69, 9.17) is 5.73 Å². The van der Waals surface area contributed by atoms with Gasteiger partial charge in [-0.05, 0) is 24.3 Å². The molecule has 0 radical (unpaired) electrons. The molecule has 1 heterocycles. The highest BCUT2D eigenvalue weighted by molar-refractivity contribution is 6.05. The molecule has 0 amide bonds. The largest absolute Gasteiger partial charge is 0.478 e. The van der Waals surface area contributed by atoms with E-state index >= 15 is 0 Å². The minimum absolute atomic E-state index is 0.199. The molecule has 0 aliphatic carbocycles. The van der Waals surface area contributed by atoms with Gasteiger partial charge in [-0.1, -0.05) is 30.3 Å². The number of nitrogens with zero attached hydrogens (tertiary/aromatic N) is 2. The molecule has 24 heavy (non-hydrogen) atoms. The van der Waals surface area contributed by atoms with E-state index in [1.54, 1.807) is 54.6 Å². The van der Waals surface area contributed by atoms with Crippen molar-refractivity contribution in [1.82, 2.24) is 9.78 Å². The SMILES string of the molecule is Nc1ccc(-n2nc(C(=O)O)c(C(=O)O)c2-c2ccccc2)cc1. The predicted molar refractivity (Wildman–Crippen MR) is 87.3 cm³/mol. The van der Waals surface area contributed by atoms with Crippen molar-refractivity contribution in [2.24, 2.45) is 0 Å². The molecule has 0 atom stereocenters. The van der Waals surface area contributed by atoms with Gasteiger partial charge in [0.15, 0.2) is 5.69 Å². The Kier molecular flexibility index (Phi) is 3.75. The molecule has 0 saturated carbocycles. The first-order valence-electron chi connectivity index (χ1n) is 7.00. The van der Waals surface area contributed by atoms with Crippen molar-refractivity contribution < 1.29 is 19.8 Å². The second-order valence-electron chi connectivity index (χ2n) is 5.05. The van der Waals surface area contributed by atoms with Crippen molar-refractivity contribution >= 4 is 17.6 Å². The van der Waals surface area contributed by atoms with Gasteiger partial charge in [0.05, 0.1) is 11.4 Å². The molecule has 2 aromatic carbocycles. The maximum absolute atomic E-state index is 11.7. The standard InChI is InChI=1S/C17H13N3O4/c18-11-6-8-12(9-7-11)20-15(10-4-2-1-3-5-10)13(16(21)22)14(19-20)17(23)24/h1-9H,18H2,(H,21,22)(H,23,24). The summed E-state index contributed by atoms with van der Waals surface area (Å²) in [7, 11) is 0. The Morgan fingerprint density at radius 1 is 0.917 bits per heavy atom. The Morgan fingerprint density at radius 3 is 2.08 bits per heavy atom. The number of hydrogen-bond donors (Lipinski definition) is 3. The number of anilines is 1. The minimum Gasteiger partial charge on any atom is -0.478 e. The number of nitrogen functional groups attached to an aromatic ring is 1. The van der Waals surface area contributed by atoms with Gasteiger partial charge in [0.1, 0.15) is 5.56 Å². The molecule has 7 nitrogen and oxygen atoms in total. The van der Waals surface area contributed by atoms with Gasteiger partial charge in [-0.25, -0.2) is 14.3 Å². The molecule has 0 spiro atoms. The summed E-state index contributed by atoms with van der Waals surface area (Å²) < 4.78 is 1.31. The molecule has 0 saturated heterocycles. The van der Waals surface area contributed by atoms with Gasteiger partial charge in [-0.3, -0.25) is 0 Å². The zero-order valence-corrected chi connectivity index (χ0v) is 12.4. The number of hydrogen-bond acceptors (Lipinski definition) is 4. The fourth-order valence-electron chi connectivity index (χ4n) is 2.44. The first kappa shape index (κ1) is 15.3. The van der Waals surface area contributed by atoms with E-state index in [-0.39, 0.29) is 11.3 Å². The molecule has 0 unspecified atom stereocenters. The van der Waals surface area contributed by atoms with E-state index in [0.29, 0.717) is 16.9 Å². The van der Waals surface area contributed by atoms with Crippen LogP contribution < -0.4 is 5.73 Å². The second kappa shape index (κ2) is 5.88. The summed E-state index contributed by atoms with van der Waals surface area (Å²) in [6, 6.07) is 15.2. The Morgan fingerprint density at radius 2 is 1.54 bits per heavy atom. The second-order valence-corrected chi connectivity index (χ2v) is 5.05. The summed E-state index contributed by atoms with van der Waals surface area (Å²) in [6.45, 7) is 0. The lowest BCUT2D eigenvalue weighted by Gasteiger charge is -2.09. The zero-order valence-electron chi connectivity index (χ0n) is 12.4. The molecule has 0 fully saturated rings. The third kappa shape index (κ3) is 2.58. The molecule has 0 aliphatic rings. The van der Waals surface area contributed by atoms with Crippen LogP contribution in [-0.2, 0) is 0 Å². The molecular formula is C17H13N3O4. The third-order valence-electron chi connectivity index (χ3n) is 3.49. The number of benzene rings is 2. The van der Waals surface area contributed by atoms with Crippen LogP contribution in [0.25, 0.3) is 16.9 Å². The van der Waals surface area contributed by atoms with Crippen LogP contribution in [0.4, 0.5) is 5.69 Å². The van der Waals surface area contributed by atoms with E-state index in [2.05, 4.69) is 5.10 Å². The van der Waals surface area contributed by atoms with Crippen molar-refractivity contribution in [1.29, 1.82) is 0 Å². The number of carboxylic acid groups (broad SMARTS) is 2.